The standard InChI is InChI=1S/C19H19NO/c1-12(11-20)7-9-15-13(2)8-10-17-16-6-4-5-14(3)18(16)21-19(15)17/h4-8,10-11,20H,9H2,1-3H3/b12-7-,20-11?. The lowest BCUT2D eigenvalue weighted by molar-refractivity contribution is 0.661. The number of para-hydroxylation sites is 1. The summed E-state index contributed by atoms with van der Waals surface area (Å²) < 4.78 is 6.17. The molecule has 0 radical (unpaired) electrons. The fourth-order valence-electron chi connectivity index (χ4n) is 2.73. The zero-order valence-electron chi connectivity index (χ0n) is 12.7. The van der Waals surface area contributed by atoms with Crippen molar-refractivity contribution in [3.05, 3.63) is 58.7 Å². The molecule has 0 saturated heterocycles. The van der Waals surface area contributed by atoms with Crippen LogP contribution in [0, 0.1) is 19.3 Å². The minimum atomic E-state index is 0.795. The molecule has 3 aromatic rings. The quantitative estimate of drug-likeness (QED) is 0.644. The van der Waals surface area contributed by atoms with Gasteiger partial charge < -0.3 is 9.83 Å². The van der Waals surface area contributed by atoms with Crippen molar-refractivity contribution in [2.75, 3.05) is 0 Å². The Labute approximate surface area is 124 Å². The van der Waals surface area contributed by atoms with E-state index in [1.807, 2.05) is 6.92 Å². The van der Waals surface area contributed by atoms with Gasteiger partial charge in [0.25, 0.3) is 0 Å². The number of benzene rings is 2. The van der Waals surface area contributed by atoms with Gasteiger partial charge in [-0.15, -0.1) is 0 Å². The zero-order chi connectivity index (χ0) is 15.0. The summed E-state index contributed by atoms with van der Waals surface area (Å²) in [5.41, 5.74) is 6.54. The first kappa shape index (κ1) is 13.6. The molecule has 0 aliphatic heterocycles. The number of hydrogen-bond donors (Lipinski definition) is 1. The Kier molecular flexibility index (Phi) is 3.38. The van der Waals surface area contributed by atoms with E-state index in [4.69, 9.17) is 9.83 Å². The Balaban J connectivity index is 2.28. The van der Waals surface area contributed by atoms with E-state index < -0.39 is 0 Å². The van der Waals surface area contributed by atoms with E-state index in [2.05, 4.69) is 50.3 Å². The van der Waals surface area contributed by atoms with Gasteiger partial charge in [0.05, 0.1) is 0 Å². The summed E-state index contributed by atoms with van der Waals surface area (Å²) >= 11 is 0. The molecule has 0 fully saturated rings. The summed E-state index contributed by atoms with van der Waals surface area (Å²) in [6.07, 6.45) is 4.26. The van der Waals surface area contributed by atoms with Gasteiger partial charge in [-0.2, -0.15) is 0 Å². The zero-order valence-corrected chi connectivity index (χ0v) is 12.7. The van der Waals surface area contributed by atoms with Gasteiger partial charge >= 0.3 is 0 Å². The Morgan fingerprint density at radius 1 is 1.05 bits per heavy atom. The third-order valence-electron chi connectivity index (χ3n) is 4.06. The number of aryl methyl sites for hydroxylation is 2. The molecule has 1 N–H and O–H groups in total. The highest BCUT2D eigenvalue weighted by atomic mass is 16.3. The number of hydrogen-bond acceptors (Lipinski definition) is 2. The van der Waals surface area contributed by atoms with Crippen LogP contribution in [-0.4, -0.2) is 6.21 Å². The maximum atomic E-state index is 7.29. The maximum absolute atomic E-state index is 7.29. The van der Waals surface area contributed by atoms with Crippen LogP contribution in [0.1, 0.15) is 23.6 Å². The van der Waals surface area contributed by atoms with Crippen LogP contribution >= 0.6 is 0 Å². The average molecular weight is 277 g/mol. The minimum absolute atomic E-state index is 0.795. The lowest BCUT2D eigenvalue weighted by Gasteiger charge is -2.04. The van der Waals surface area contributed by atoms with E-state index >= 15 is 0 Å². The molecule has 2 aromatic carbocycles. The number of furan rings is 1. The molecule has 2 heteroatoms. The van der Waals surface area contributed by atoms with Crippen molar-refractivity contribution >= 4 is 28.2 Å². The normalized spacial score (nSPS) is 12.2. The summed E-state index contributed by atoms with van der Waals surface area (Å²) in [6, 6.07) is 10.6. The van der Waals surface area contributed by atoms with E-state index in [9.17, 15) is 0 Å². The first-order valence-electron chi connectivity index (χ1n) is 7.19. The van der Waals surface area contributed by atoms with Gasteiger partial charge in [-0.3, -0.25) is 0 Å². The van der Waals surface area contributed by atoms with Crippen LogP contribution in [0.3, 0.4) is 0 Å². The van der Waals surface area contributed by atoms with Crippen molar-refractivity contribution < 1.29 is 4.42 Å². The van der Waals surface area contributed by atoms with Gasteiger partial charge in [0.15, 0.2) is 0 Å². The number of fused-ring (bicyclic) bond motifs is 3. The Bertz CT molecular complexity index is 868. The van der Waals surface area contributed by atoms with E-state index in [0.29, 0.717) is 0 Å². The molecule has 1 heterocycles. The molecule has 0 amide bonds. The summed E-state index contributed by atoms with van der Waals surface area (Å²) in [5, 5.41) is 9.65. The monoisotopic (exact) mass is 277 g/mol. The largest absolute Gasteiger partial charge is 0.455 e. The molecule has 0 bridgehead atoms. The van der Waals surface area contributed by atoms with E-state index in [1.54, 1.807) is 0 Å². The van der Waals surface area contributed by atoms with Gasteiger partial charge in [0.2, 0.25) is 0 Å². The molecule has 0 unspecified atom stereocenters. The van der Waals surface area contributed by atoms with Crippen molar-refractivity contribution in [3.8, 4) is 0 Å². The van der Waals surface area contributed by atoms with Gasteiger partial charge in [0.1, 0.15) is 11.2 Å². The van der Waals surface area contributed by atoms with Gasteiger partial charge in [0, 0.05) is 22.6 Å². The Morgan fingerprint density at radius 3 is 2.57 bits per heavy atom. The number of nitrogens with one attached hydrogen (secondary N) is 1. The fraction of sp³-hybridized carbons (Fsp3) is 0.211. The van der Waals surface area contributed by atoms with Crippen molar-refractivity contribution in [2.45, 2.75) is 27.2 Å². The van der Waals surface area contributed by atoms with Crippen LogP contribution < -0.4 is 0 Å². The maximum Gasteiger partial charge on any atom is 0.139 e. The van der Waals surface area contributed by atoms with Crippen LogP contribution in [0.5, 0.6) is 0 Å². The van der Waals surface area contributed by atoms with Crippen molar-refractivity contribution in [2.24, 2.45) is 0 Å². The predicted octanol–water partition coefficient (Wildman–Crippen LogP) is 5.34. The molecule has 3 rings (SSSR count). The molecule has 21 heavy (non-hydrogen) atoms. The van der Waals surface area contributed by atoms with Crippen LogP contribution in [0.2, 0.25) is 0 Å². The molecular weight excluding hydrogens is 258 g/mol. The second-order valence-electron chi connectivity index (χ2n) is 5.59. The smallest absolute Gasteiger partial charge is 0.139 e. The van der Waals surface area contributed by atoms with Crippen LogP contribution in [0.4, 0.5) is 0 Å². The summed E-state index contributed by atoms with van der Waals surface area (Å²) in [5.74, 6) is 0. The van der Waals surface area contributed by atoms with E-state index in [0.717, 1.165) is 23.2 Å². The second kappa shape index (κ2) is 5.21. The average Bonchev–Trinajstić information content (AvgIpc) is 2.86. The molecule has 2 nitrogen and oxygen atoms in total. The Hall–Kier alpha value is -2.35. The first-order valence-corrected chi connectivity index (χ1v) is 7.19. The number of rotatable bonds is 3. The number of allylic oxidation sites excluding steroid dienone is 2. The highest BCUT2D eigenvalue weighted by molar-refractivity contribution is 6.07. The molecule has 1 aromatic heterocycles. The Morgan fingerprint density at radius 2 is 1.81 bits per heavy atom. The minimum Gasteiger partial charge on any atom is -0.455 e. The van der Waals surface area contributed by atoms with Gasteiger partial charge in [-0.05, 0) is 43.9 Å². The first-order chi connectivity index (χ1) is 10.1. The lowest BCUT2D eigenvalue weighted by atomic mass is 10.0. The fourth-order valence-corrected chi connectivity index (χ4v) is 2.73. The summed E-state index contributed by atoms with van der Waals surface area (Å²) in [6.45, 7) is 6.14. The van der Waals surface area contributed by atoms with Gasteiger partial charge in [-0.25, -0.2) is 0 Å². The SMILES string of the molecule is C/C(C=N)=C/Cc1c(C)ccc2c1oc1c(C)cccc12. The predicted molar refractivity (Wildman–Crippen MR) is 89.4 cm³/mol. The molecule has 0 aliphatic carbocycles. The molecule has 0 saturated carbocycles. The van der Waals surface area contributed by atoms with Gasteiger partial charge in [-0.1, -0.05) is 36.4 Å². The highest BCUT2D eigenvalue weighted by Gasteiger charge is 2.13. The highest BCUT2D eigenvalue weighted by Crippen LogP contribution is 2.34. The van der Waals surface area contributed by atoms with Crippen molar-refractivity contribution in [1.29, 1.82) is 5.41 Å². The summed E-state index contributed by atoms with van der Waals surface area (Å²) in [4.78, 5) is 0. The molecule has 0 spiro atoms. The van der Waals surface area contributed by atoms with E-state index in [-0.39, 0.29) is 0 Å². The molecule has 106 valence electrons. The summed E-state index contributed by atoms with van der Waals surface area (Å²) in [7, 11) is 0. The van der Waals surface area contributed by atoms with Crippen LogP contribution in [0.25, 0.3) is 21.9 Å². The molecule has 0 atom stereocenters. The van der Waals surface area contributed by atoms with Crippen LogP contribution in [-0.2, 0) is 6.42 Å². The second-order valence-corrected chi connectivity index (χ2v) is 5.59. The van der Waals surface area contributed by atoms with Crippen molar-refractivity contribution in [3.63, 3.8) is 0 Å². The van der Waals surface area contributed by atoms with Crippen LogP contribution in [0.15, 0.2) is 46.4 Å². The lowest BCUT2D eigenvalue weighted by Crippen LogP contribution is -1.89. The van der Waals surface area contributed by atoms with E-state index in [1.165, 1.54) is 33.7 Å². The van der Waals surface area contributed by atoms with Crippen molar-refractivity contribution in [1.82, 2.24) is 0 Å². The third-order valence-corrected chi connectivity index (χ3v) is 4.06. The topological polar surface area (TPSA) is 37.0 Å². The third kappa shape index (κ3) is 2.27. The molecular formula is C19H19NO. The molecule has 0 aliphatic rings.